The first-order chi connectivity index (χ1) is 7.08. The quantitative estimate of drug-likeness (QED) is 0.529. The van der Waals surface area contributed by atoms with Crippen molar-refractivity contribution in [2.45, 2.75) is 13.3 Å². The Morgan fingerprint density at radius 3 is 2.87 bits per heavy atom. The highest BCUT2D eigenvalue weighted by Gasteiger charge is 2.05. The van der Waals surface area contributed by atoms with Crippen LogP contribution in [0.15, 0.2) is 16.1 Å². The van der Waals surface area contributed by atoms with Crippen molar-refractivity contribution in [2.75, 3.05) is 0 Å². The van der Waals surface area contributed by atoms with Crippen LogP contribution in [0.5, 0.6) is 0 Å². The largest absolute Gasteiger partial charge is 0.389 e. The van der Waals surface area contributed by atoms with Gasteiger partial charge in [-0.05, 0) is 34.5 Å². The number of nitriles is 1. The minimum Gasteiger partial charge on any atom is -0.389 e. The highest BCUT2D eigenvalue weighted by Crippen LogP contribution is 2.29. The van der Waals surface area contributed by atoms with Gasteiger partial charge in [-0.1, -0.05) is 19.1 Å². The fourth-order valence-electron chi connectivity index (χ4n) is 1.04. The SMILES string of the molecule is CCc1sc(C=C(C#N)C(N)=S)cc1Br. The van der Waals surface area contributed by atoms with E-state index in [1.165, 1.54) is 4.88 Å². The van der Waals surface area contributed by atoms with E-state index in [-0.39, 0.29) is 4.99 Å². The van der Waals surface area contributed by atoms with Crippen molar-refractivity contribution in [3.8, 4) is 6.07 Å². The second kappa shape index (κ2) is 5.40. The molecule has 2 N–H and O–H groups in total. The van der Waals surface area contributed by atoms with Crippen LogP contribution in [-0.4, -0.2) is 4.99 Å². The lowest BCUT2D eigenvalue weighted by Crippen LogP contribution is -2.09. The molecule has 15 heavy (non-hydrogen) atoms. The second-order valence-electron chi connectivity index (χ2n) is 2.81. The normalized spacial score (nSPS) is 11.1. The first kappa shape index (κ1) is 12.4. The van der Waals surface area contributed by atoms with Gasteiger partial charge in [-0.15, -0.1) is 11.3 Å². The van der Waals surface area contributed by atoms with Crippen LogP contribution in [0.3, 0.4) is 0 Å². The second-order valence-corrected chi connectivity index (χ2v) is 5.27. The Morgan fingerprint density at radius 1 is 1.80 bits per heavy atom. The molecule has 78 valence electrons. The van der Waals surface area contributed by atoms with E-state index in [9.17, 15) is 0 Å². The molecule has 5 heteroatoms. The number of thiocarbonyl (C=S) groups is 1. The number of halogens is 1. The Hall–Kier alpha value is -0.700. The summed E-state index contributed by atoms with van der Waals surface area (Å²) in [6.07, 6.45) is 2.69. The summed E-state index contributed by atoms with van der Waals surface area (Å²) in [5.41, 5.74) is 5.75. The van der Waals surface area contributed by atoms with Gasteiger partial charge in [-0.2, -0.15) is 5.26 Å². The van der Waals surface area contributed by atoms with Crippen LogP contribution >= 0.6 is 39.5 Å². The molecule has 0 unspecified atom stereocenters. The van der Waals surface area contributed by atoms with E-state index in [0.717, 1.165) is 15.8 Å². The van der Waals surface area contributed by atoms with Gasteiger partial charge in [0.1, 0.15) is 11.1 Å². The Kier molecular flexibility index (Phi) is 4.45. The lowest BCUT2D eigenvalue weighted by molar-refractivity contribution is 1.18. The molecule has 1 aromatic heterocycles. The molecule has 0 radical (unpaired) electrons. The van der Waals surface area contributed by atoms with Crippen molar-refractivity contribution < 1.29 is 0 Å². The third kappa shape index (κ3) is 3.13. The fraction of sp³-hybridized carbons (Fsp3) is 0.200. The van der Waals surface area contributed by atoms with Crippen molar-refractivity contribution >= 4 is 50.5 Å². The smallest absolute Gasteiger partial charge is 0.114 e. The maximum absolute atomic E-state index is 8.80. The number of aryl methyl sites for hydroxylation is 1. The molecular weight excluding hydrogens is 292 g/mol. The van der Waals surface area contributed by atoms with Crippen LogP contribution in [0.25, 0.3) is 6.08 Å². The van der Waals surface area contributed by atoms with E-state index >= 15 is 0 Å². The Balaban J connectivity index is 3.08. The van der Waals surface area contributed by atoms with Gasteiger partial charge in [0.2, 0.25) is 0 Å². The highest BCUT2D eigenvalue weighted by atomic mass is 79.9. The fourth-order valence-corrected chi connectivity index (χ4v) is 3.00. The molecule has 0 aliphatic carbocycles. The molecule has 0 aliphatic heterocycles. The predicted octanol–water partition coefficient (Wildman–Crippen LogP) is 3.27. The van der Waals surface area contributed by atoms with Gasteiger partial charge in [-0.3, -0.25) is 0 Å². The van der Waals surface area contributed by atoms with Gasteiger partial charge >= 0.3 is 0 Å². The maximum atomic E-state index is 8.80. The van der Waals surface area contributed by atoms with E-state index in [4.69, 9.17) is 23.2 Å². The number of rotatable bonds is 3. The van der Waals surface area contributed by atoms with Crippen LogP contribution in [-0.2, 0) is 6.42 Å². The van der Waals surface area contributed by atoms with E-state index in [2.05, 4.69) is 22.9 Å². The molecule has 1 aromatic rings. The van der Waals surface area contributed by atoms with Gasteiger partial charge in [0.25, 0.3) is 0 Å². The summed E-state index contributed by atoms with van der Waals surface area (Å²) < 4.78 is 1.07. The van der Waals surface area contributed by atoms with Gasteiger partial charge in [0.05, 0.1) is 5.57 Å². The molecule has 1 heterocycles. The van der Waals surface area contributed by atoms with Crippen LogP contribution in [0.4, 0.5) is 0 Å². The summed E-state index contributed by atoms with van der Waals surface area (Å²) in [7, 11) is 0. The Morgan fingerprint density at radius 2 is 2.47 bits per heavy atom. The van der Waals surface area contributed by atoms with Crippen LogP contribution in [0, 0.1) is 11.3 Å². The lowest BCUT2D eigenvalue weighted by Gasteiger charge is -1.91. The summed E-state index contributed by atoms with van der Waals surface area (Å²) in [6.45, 7) is 2.09. The average Bonchev–Trinajstić information content (AvgIpc) is 2.54. The molecule has 0 bridgehead atoms. The summed E-state index contributed by atoms with van der Waals surface area (Å²) in [6, 6.07) is 3.95. The third-order valence-corrected chi connectivity index (χ3v) is 4.19. The van der Waals surface area contributed by atoms with Crippen molar-refractivity contribution in [3.63, 3.8) is 0 Å². The monoisotopic (exact) mass is 300 g/mol. The molecule has 1 rings (SSSR count). The van der Waals surface area contributed by atoms with Crippen molar-refractivity contribution in [2.24, 2.45) is 5.73 Å². The number of hydrogen-bond donors (Lipinski definition) is 1. The number of thiophene rings is 1. The van der Waals surface area contributed by atoms with Crippen LogP contribution < -0.4 is 5.73 Å². The molecule has 0 saturated carbocycles. The molecule has 0 aliphatic rings. The van der Waals surface area contributed by atoms with Crippen molar-refractivity contribution in [1.82, 2.24) is 0 Å². The topological polar surface area (TPSA) is 49.8 Å². The molecule has 0 atom stereocenters. The molecule has 0 spiro atoms. The molecule has 2 nitrogen and oxygen atoms in total. The van der Waals surface area contributed by atoms with E-state index in [0.29, 0.717) is 5.57 Å². The first-order valence-electron chi connectivity index (χ1n) is 4.28. The van der Waals surface area contributed by atoms with Gasteiger partial charge in [0.15, 0.2) is 0 Å². The molecule has 0 amide bonds. The van der Waals surface area contributed by atoms with Crippen LogP contribution in [0.1, 0.15) is 16.7 Å². The van der Waals surface area contributed by atoms with Crippen LogP contribution in [0.2, 0.25) is 0 Å². The predicted molar refractivity (Wildman–Crippen MR) is 71.8 cm³/mol. The maximum Gasteiger partial charge on any atom is 0.114 e. The van der Waals surface area contributed by atoms with Gasteiger partial charge in [-0.25, -0.2) is 0 Å². The van der Waals surface area contributed by atoms with Gasteiger partial charge < -0.3 is 5.73 Å². The standard InChI is InChI=1S/C10H9BrN2S2/c1-2-9-8(11)4-7(15-9)3-6(5-12)10(13)14/h3-4H,2H2,1H3,(H2,13,14). The Bertz CT molecular complexity index is 454. The lowest BCUT2D eigenvalue weighted by atomic mass is 10.2. The van der Waals surface area contributed by atoms with Crippen molar-refractivity contribution in [3.05, 3.63) is 25.9 Å². The summed E-state index contributed by atoms with van der Waals surface area (Å²) in [4.78, 5) is 2.38. The minimum absolute atomic E-state index is 0.139. The third-order valence-electron chi connectivity index (χ3n) is 1.77. The molecular formula is C10H9BrN2S2. The number of nitrogens with two attached hydrogens (primary N) is 1. The number of hydrogen-bond acceptors (Lipinski definition) is 3. The van der Waals surface area contributed by atoms with E-state index in [1.807, 2.05) is 12.1 Å². The summed E-state index contributed by atoms with van der Waals surface area (Å²) in [5.74, 6) is 0. The molecule has 0 fully saturated rings. The summed E-state index contributed by atoms with van der Waals surface area (Å²) in [5, 5.41) is 8.80. The Labute approximate surface area is 107 Å². The number of nitrogens with zero attached hydrogens (tertiary/aromatic N) is 1. The summed E-state index contributed by atoms with van der Waals surface area (Å²) >= 11 is 9.85. The average molecular weight is 301 g/mol. The molecule has 0 saturated heterocycles. The zero-order valence-corrected chi connectivity index (χ0v) is 11.3. The van der Waals surface area contributed by atoms with E-state index < -0.39 is 0 Å². The first-order valence-corrected chi connectivity index (χ1v) is 6.30. The zero-order chi connectivity index (χ0) is 11.4. The van der Waals surface area contributed by atoms with Crippen molar-refractivity contribution in [1.29, 1.82) is 5.26 Å². The van der Waals surface area contributed by atoms with E-state index in [1.54, 1.807) is 17.4 Å². The highest BCUT2D eigenvalue weighted by molar-refractivity contribution is 9.10. The molecule has 0 aromatic carbocycles. The zero-order valence-electron chi connectivity index (χ0n) is 8.08. The minimum atomic E-state index is 0.139. The van der Waals surface area contributed by atoms with Gasteiger partial charge in [0, 0.05) is 14.2 Å².